The second kappa shape index (κ2) is 4.99. The van der Waals surface area contributed by atoms with Gasteiger partial charge in [-0.05, 0) is 36.4 Å². The first-order chi connectivity index (χ1) is 8.04. The van der Waals surface area contributed by atoms with Gasteiger partial charge in [0.1, 0.15) is 0 Å². The molecule has 0 amide bonds. The average molecular weight is 316 g/mol. The van der Waals surface area contributed by atoms with Crippen molar-refractivity contribution in [2.75, 3.05) is 0 Å². The predicted molar refractivity (Wildman–Crippen MR) is 60.8 cm³/mol. The van der Waals surface area contributed by atoms with E-state index in [2.05, 4.69) is 0 Å². The molecule has 0 fully saturated rings. The molecule has 1 rings (SSSR count). The van der Waals surface area contributed by atoms with Crippen molar-refractivity contribution in [1.29, 1.82) is 5.26 Å². The minimum atomic E-state index is -4.67. The van der Waals surface area contributed by atoms with Crippen LogP contribution in [0.4, 0.5) is 13.2 Å². The van der Waals surface area contributed by atoms with Crippen molar-refractivity contribution in [3.05, 3.63) is 23.3 Å². The Hall–Kier alpha value is -0.910. The Morgan fingerprint density at radius 3 is 2.33 bits per heavy atom. The van der Waals surface area contributed by atoms with Crippen LogP contribution in [0.3, 0.4) is 0 Å². The maximum absolute atomic E-state index is 12.3. The van der Waals surface area contributed by atoms with E-state index in [0.29, 0.717) is 0 Å². The van der Waals surface area contributed by atoms with E-state index in [1.807, 2.05) is 0 Å². The van der Waals surface area contributed by atoms with Crippen molar-refractivity contribution in [2.24, 2.45) is 0 Å². The molecule has 0 atom stereocenters. The number of thioether (sulfide) groups is 1. The first-order valence-corrected chi connectivity index (χ1v) is 7.42. The Morgan fingerprint density at radius 1 is 1.39 bits per heavy atom. The molecular formula is C9H5ClF3NO2S2. The quantitative estimate of drug-likeness (QED) is 0.620. The molecule has 98 valence electrons. The van der Waals surface area contributed by atoms with Gasteiger partial charge in [-0.3, -0.25) is 0 Å². The fraction of sp³-hybridized carbons (Fsp3) is 0.222. The molecule has 18 heavy (non-hydrogen) atoms. The fourth-order valence-corrected chi connectivity index (χ4v) is 3.35. The first-order valence-electron chi connectivity index (χ1n) is 4.30. The zero-order chi connectivity index (χ0) is 14.1. The van der Waals surface area contributed by atoms with E-state index in [4.69, 9.17) is 15.9 Å². The number of hydrogen-bond donors (Lipinski definition) is 0. The molecule has 0 heterocycles. The third-order valence-electron chi connectivity index (χ3n) is 1.90. The summed E-state index contributed by atoms with van der Waals surface area (Å²) >= 11 is -0.622. The van der Waals surface area contributed by atoms with Crippen LogP contribution in [0, 0.1) is 18.3 Å². The van der Waals surface area contributed by atoms with Crippen molar-refractivity contribution in [3.63, 3.8) is 0 Å². The topological polar surface area (TPSA) is 57.9 Å². The highest BCUT2D eigenvalue weighted by Gasteiger charge is 2.32. The summed E-state index contributed by atoms with van der Waals surface area (Å²) in [6, 6.07) is 3.50. The molecule has 0 bridgehead atoms. The van der Waals surface area contributed by atoms with Gasteiger partial charge < -0.3 is 0 Å². The van der Waals surface area contributed by atoms with Crippen molar-refractivity contribution >= 4 is 31.5 Å². The second-order valence-corrected chi connectivity index (χ2v) is 6.85. The highest BCUT2D eigenvalue weighted by atomic mass is 35.7. The van der Waals surface area contributed by atoms with E-state index in [9.17, 15) is 21.6 Å². The van der Waals surface area contributed by atoms with E-state index < -0.39 is 36.1 Å². The Bertz CT molecular complexity index is 620. The maximum Gasteiger partial charge on any atom is 0.446 e. The van der Waals surface area contributed by atoms with E-state index >= 15 is 0 Å². The van der Waals surface area contributed by atoms with Crippen molar-refractivity contribution in [2.45, 2.75) is 22.2 Å². The van der Waals surface area contributed by atoms with Crippen LogP contribution in [0.2, 0.25) is 0 Å². The molecule has 0 spiro atoms. The maximum atomic E-state index is 12.3. The molecule has 0 aliphatic carbocycles. The molecule has 1 aromatic rings. The lowest BCUT2D eigenvalue weighted by atomic mass is 10.1. The monoisotopic (exact) mass is 315 g/mol. The molecular weight excluding hydrogens is 311 g/mol. The molecule has 0 saturated carbocycles. The van der Waals surface area contributed by atoms with Gasteiger partial charge in [-0.15, -0.1) is 0 Å². The van der Waals surface area contributed by atoms with E-state index in [1.54, 1.807) is 6.07 Å². The van der Waals surface area contributed by atoms with Gasteiger partial charge in [-0.2, -0.15) is 18.4 Å². The summed E-state index contributed by atoms with van der Waals surface area (Å²) in [6.07, 6.45) is 0. The van der Waals surface area contributed by atoms with Crippen LogP contribution in [0.25, 0.3) is 0 Å². The minimum absolute atomic E-state index is 0.0363. The minimum Gasteiger partial charge on any atom is -0.207 e. The first kappa shape index (κ1) is 15.1. The Morgan fingerprint density at radius 2 is 1.94 bits per heavy atom. The van der Waals surface area contributed by atoms with Gasteiger partial charge in [-0.25, -0.2) is 8.42 Å². The van der Waals surface area contributed by atoms with Crippen molar-refractivity contribution in [3.8, 4) is 6.07 Å². The summed E-state index contributed by atoms with van der Waals surface area (Å²) in [5.74, 6) is 0. The molecule has 0 N–H and O–H groups in total. The molecule has 0 aliphatic rings. The summed E-state index contributed by atoms with van der Waals surface area (Å²) in [5.41, 5.74) is -4.47. The number of hydrogen-bond acceptors (Lipinski definition) is 4. The summed E-state index contributed by atoms with van der Waals surface area (Å²) in [4.78, 5) is -1.26. The highest BCUT2D eigenvalue weighted by Crippen LogP contribution is 2.41. The van der Waals surface area contributed by atoms with Gasteiger partial charge in [0.15, 0.2) is 0 Å². The summed E-state index contributed by atoms with van der Waals surface area (Å²) < 4.78 is 59.3. The van der Waals surface area contributed by atoms with Crippen LogP contribution >= 0.6 is 22.4 Å². The molecule has 0 aliphatic heterocycles. The average Bonchev–Trinajstić information content (AvgIpc) is 2.16. The number of benzene rings is 1. The van der Waals surface area contributed by atoms with Crippen LogP contribution in [0.15, 0.2) is 21.9 Å². The molecule has 0 saturated heterocycles. The predicted octanol–water partition coefficient (Wildman–Crippen LogP) is 3.41. The molecule has 9 heteroatoms. The van der Waals surface area contributed by atoms with E-state index in [-0.39, 0.29) is 11.1 Å². The summed E-state index contributed by atoms with van der Waals surface area (Å²) in [6.45, 7) is 1.41. The van der Waals surface area contributed by atoms with E-state index in [1.165, 1.54) is 6.92 Å². The smallest absolute Gasteiger partial charge is 0.207 e. The zero-order valence-electron chi connectivity index (χ0n) is 8.75. The zero-order valence-corrected chi connectivity index (χ0v) is 11.1. The Kier molecular flexibility index (Phi) is 4.20. The highest BCUT2D eigenvalue weighted by molar-refractivity contribution is 8.14. The lowest BCUT2D eigenvalue weighted by Gasteiger charge is -2.10. The number of aryl methyl sites for hydroxylation is 1. The SMILES string of the molecule is Cc1cc(S(=O)(=O)Cl)c(SC(F)(F)F)cc1C#N. The van der Waals surface area contributed by atoms with Gasteiger partial charge in [-0.1, -0.05) is 0 Å². The third kappa shape index (κ3) is 3.80. The molecule has 3 nitrogen and oxygen atoms in total. The van der Waals surface area contributed by atoms with Gasteiger partial charge in [0.2, 0.25) is 0 Å². The number of alkyl halides is 3. The fourth-order valence-electron chi connectivity index (χ4n) is 1.18. The van der Waals surface area contributed by atoms with E-state index in [0.717, 1.165) is 12.1 Å². The molecule has 0 aromatic heterocycles. The normalized spacial score (nSPS) is 12.2. The summed E-state index contributed by atoms with van der Waals surface area (Å²) in [7, 11) is 0.757. The summed E-state index contributed by atoms with van der Waals surface area (Å²) in [5, 5.41) is 8.71. The molecule has 0 unspecified atom stereocenters. The second-order valence-electron chi connectivity index (χ2n) is 3.21. The van der Waals surface area contributed by atoms with Gasteiger partial charge >= 0.3 is 5.51 Å². The number of nitriles is 1. The lowest BCUT2D eigenvalue weighted by Crippen LogP contribution is -2.04. The lowest BCUT2D eigenvalue weighted by molar-refractivity contribution is -0.0328. The molecule has 1 aromatic carbocycles. The number of halogens is 4. The third-order valence-corrected chi connectivity index (χ3v) is 4.18. The van der Waals surface area contributed by atoms with Crippen LogP contribution in [-0.2, 0) is 9.05 Å². The molecule has 0 radical (unpaired) electrons. The standard InChI is InChI=1S/C9H5ClF3NO2S2/c1-5-2-8(18(10,15)16)7(3-6(5)4-14)17-9(11,12)13/h2-3H,1H3. The Labute approximate surface area is 110 Å². The van der Waals surface area contributed by atoms with Crippen LogP contribution in [0.5, 0.6) is 0 Å². The Balaban J connectivity index is 3.52. The van der Waals surface area contributed by atoms with Gasteiger partial charge in [0.25, 0.3) is 9.05 Å². The van der Waals surface area contributed by atoms with Gasteiger partial charge in [0.05, 0.1) is 16.5 Å². The number of nitrogens with zero attached hydrogens (tertiary/aromatic N) is 1. The van der Waals surface area contributed by atoms with Gasteiger partial charge in [0, 0.05) is 15.6 Å². The van der Waals surface area contributed by atoms with Crippen LogP contribution < -0.4 is 0 Å². The van der Waals surface area contributed by atoms with Crippen molar-refractivity contribution < 1.29 is 21.6 Å². The van der Waals surface area contributed by atoms with Crippen molar-refractivity contribution in [1.82, 2.24) is 0 Å². The van der Waals surface area contributed by atoms with Crippen LogP contribution in [0.1, 0.15) is 11.1 Å². The largest absolute Gasteiger partial charge is 0.446 e. The van der Waals surface area contributed by atoms with Crippen LogP contribution in [-0.4, -0.2) is 13.9 Å². The number of rotatable bonds is 2.